The molecule has 0 N–H and O–H groups in total. The molecule has 150 valence electrons. The number of aromatic nitrogens is 4. The van der Waals surface area contributed by atoms with Gasteiger partial charge in [0.25, 0.3) is 0 Å². The van der Waals surface area contributed by atoms with Crippen LogP contribution in [0.5, 0.6) is 0 Å². The third-order valence-electron chi connectivity index (χ3n) is 4.65. The zero-order chi connectivity index (χ0) is 20.4. The Bertz CT molecular complexity index is 1150. The fourth-order valence-electron chi connectivity index (χ4n) is 3.29. The number of Topliss-reactive ketones (excluding diaryl/α,β-unsaturated/α-hetero) is 1. The van der Waals surface area contributed by atoms with Gasteiger partial charge in [-0.2, -0.15) is 4.68 Å². The van der Waals surface area contributed by atoms with E-state index in [1.165, 1.54) is 22.3 Å². The molecule has 0 saturated heterocycles. The number of fused-ring (bicyclic) bond motifs is 1. The van der Waals surface area contributed by atoms with Crippen LogP contribution in [-0.2, 0) is 16.4 Å². The third-order valence-corrected chi connectivity index (χ3v) is 6.75. The first-order chi connectivity index (χ1) is 13.9. The number of hydrogen-bond acceptors (Lipinski definition) is 7. The number of thioether (sulfide) groups is 1. The van der Waals surface area contributed by atoms with E-state index >= 15 is 0 Å². The van der Waals surface area contributed by atoms with Crippen LogP contribution in [0.3, 0.4) is 0 Å². The van der Waals surface area contributed by atoms with Crippen LogP contribution in [0.15, 0.2) is 53.7 Å². The van der Waals surface area contributed by atoms with Gasteiger partial charge in [-0.1, -0.05) is 30.0 Å². The molecule has 3 aromatic rings. The second kappa shape index (κ2) is 7.96. The fraction of sp³-hybridized carbons (Fsp3) is 0.263. The number of nitrogens with zero attached hydrogens (tertiary/aromatic N) is 5. The van der Waals surface area contributed by atoms with Crippen molar-refractivity contribution in [2.75, 3.05) is 22.9 Å². The number of hydrogen-bond donors (Lipinski definition) is 0. The molecule has 0 amide bonds. The molecular weight excluding hydrogens is 410 g/mol. The van der Waals surface area contributed by atoms with Gasteiger partial charge >= 0.3 is 0 Å². The van der Waals surface area contributed by atoms with E-state index in [1.54, 1.807) is 22.9 Å². The van der Waals surface area contributed by atoms with Crippen LogP contribution in [0.25, 0.3) is 5.69 Å². The first-order valence-corrected chi connectivity index (χ1v) is 11.9. The number of carbonyl (C=O) groups excluding carboxylic acids is 1. The Morgan fingerprint density at radius 3 is 2.72 bits per heavy atom. The molecule has 2 heterocycles. The quantitative estimate of drug-likeness (QED) is 0.438. The summed E-state index contributed by atoms with van der Waals surface area (Å²) >= 11 is 1.26. The van der Waals surface area contributed by atoms with Crippen molar-refractivity contribution in [2.24, 2.45) is 0 Å². The zero-order valence-electron chi connectivity index (χ0n) is 15.7. The van der Waals surface area contributed by atoms with Gasteiger partial charge in [0.2, 0.25) is 15.2 Å². The minimum atomic E-state index is -3.32. The molecular formula is C19H19N5O3S2. The Labute approximate surface area is 173 Å². The minimum Gasteiger partial charge on any atom is -0.293 e. The number of anilines is 1. The molecule has 1 aromatic heterocycles. The number of aryl methyl sites for hydroxylation is 1. The monoisotopic (exact) mass is 429 g/mol. The van der Waals surface area contributed by atoms with Crippen molar-refractivity contribution >= 4 is 33.3 Å². The lowest BCUT2D eigenvalue weighted by Crippen LogP contribution is -2.34. The van der Waals surface area contributed by atoms with E-state index in [0.717, 1.165) is 24.1 Å². The average molecular weight is 430 g/mol. The summed E-state index contributed by atoms with van der Waals surface area (Å²) in [5.74, 6) is 0.124. The molecule has 0 spiro atoms. The lowest BCUT2D eigenvalue weighted by Gasteiger charge is -2.29. The van der Waals surface area contributed by atoms with Crippen molar-refractivity contribution in [1.29, 1.82) is 0 Å². The molecule has 0 saturated carbocycles. The maximum absolute atomic E-state index is 12.7. The van der Waals surface area contributed by atoms with Crippen molar-refractivity contribution < 1.29 is 13.2 Å². The smallest absolute Gasteiger partial charge is 0.232 e. The molecule has 0 atom stereocenters. The zero-order valence-corrected chi connectivity index (χ0v) is 17.4. The van der Waals surface area contributed by atoms with Crippen LogP contribution in [0.4, 0.5) is 5.69 Å². The highest BCUT2D eigenvalue weighted by molar-refractivity contribution is 7.99. The molecule has 0 aliphatic carbocycles. The summed E-state index contributed by atoms with van der Waals surface area (Å²) in [6, 6.07) is 14.7. The number of ketones is 1. The van der Waals surface area contributed by atoms with Gasteiger partial charge in [-0.25, -0.2) is 8.42 Å². The maximum atomic E-state index is 12.7. The summed E-state index contributed by atoms with van der Waals surface area (Å²) in [6.45, 7) is 0.469. The fourth-order valence-corrected chi connectivity index (χ4v) is 5.08. The summed E-state index contributed by atoms with van der Waals surface area (Å²) in [6.07, 6.45) is 2.69. The van der Waals surface area contributed by atoms with Crippen LogP contribution >= 0.6 is 11.8 Å². The Balaban J connectivity index is 1.50. The Kier molecular flexibility index (Phi) is 5.37. The van der Waals surface area contributed by atoms with Crippen LogP contribution < -0.4 is 4.31 Å². The van der Waals surface area contributed by atoms with E-state index in [9.17, 15) is 13.2 Å². The molecule has 0 radical (unpaired) electrons. The Morgan fingerprint density at radius 2 is 1.97 bits per heavy atom. The third kappa shape index (κ3) is 4.18. The van der Waals surface area contributed by atoms with E-state index in [2.05, 4.69) is 15.5 Å². The van der Waals surface area contributed by atoms with Gasteiger partial charge in [0.1, 0.15) is 0 Å². The Hall–Kier alpha value is -2.72. The summed E-state index contributed by atoms with van der Waals surface area (Å²) in [5, 5.41) is 12.2. The van der Waals surface area contributed by atoms with Gasteiger partial charge in [0.15, 0.2) is 5.78 Å². The molecule has 0 fully saturated rings. The summed E-state index contributed by atoms with van der Waals surface area (Å²) in [4.78, 5) is 12.7. The predicted molar refractivity (Wildman–Crippen MR) is 111 cm³/mol. The molecule has 2 aromatic carbocycles. The highest BCUT2D eigenvalue weighted by atomic mass is 32.2. The summed E-state index contributed by atoms with van der Waals surface area (Å²) in [7, 11) is -3.32. The van der Waals surface area contributed by atoms with E-state index in [4.69, 9.17) is 0 Å². The van der Waals surface area contributed by atoms with Gasteiger partial charge in [0.05, 0.1) is 23.4 Å². The molecule has 4 rings (SSSR count). The average Bonchev–Trinajstić information content (AvgIpc) is 3.19. The molecule has 8 nitrogen and oxygen atoms in total. The lowest BCUT2D eigenvalue weighted by atomic mass is 9.99. The van der Waals surface area contributed by atoms with E-state index in [1.807, 2.05) is 30.3 Å². The second-order valence-corrected chi connectivity index (χ2v) is 9.55. The van der Waals surface area contributed by atoms with Crippen LogP contribution in [0.1, 0.15) is 22.3 Å². The van der Waals surface area contributed by atoms with Gasteiger partial charge in [0, 0.05) is 12.1 Å². The topological polar surface area (TPSA) is 98.1 Å². The second-order valence-electron chi connectivity index (χ2n) is 6.70. The minimum absolute atomic E-state index is 0.0584. The highest BCUT2D eigenvalue weighted by Gasteiger charge is 2.24. The van der Waals surface area contributed by atoms with E-state index in [0.29, 0.717) is 23.0 Å². The van der Waals surface area contributed by atoms with Crippen LogP contribution in [-0.4, -0.2) is 53.0 Å². The highest BCUT2D eigenvalue weighted by Crippen LogP contribution is 2.30. The van der Waals surface area contributed by atoms with Gasteiger partial charge in [-0.15, -0.1) is 5.10 Å². The van der Waals surface area contributed by atoms with Crippen molar-refractivity contribution in [3.63, 3.8) is 0 Å². The SMILES string of the molecule is CS(=O)(=O)N1CCCc2cc(C(=O)CSc3nnnn3-c3ccccc3)ccc21. The maximum Gasteiger partial charge on any atom is 0.232 e. The van der Waals surface area contributed by atoms with Gasteiger partial charge in [-0.05, 0) is 59.2 Å². The van der Waals surface area contributed by atoms with E-state index < -0.39 is 10.0 Å². The summed E-state index contributed by atoms with van der Waals surface area (Å²) < 4.78 is 27.0. The largest absolute Gasteiger partial charge is 0.293 e. The van der Waals surface area contributed by atoms with Crippen molar-refractivity contribution in [3.8, 4) is 5.69 Å². The molecule has 1 aliphatic rings. The number of carbonyl (C=O) groups is 1. The molecule has 0 bridgehead atoms. The van der Waals surface area contributed by atoms with Crippen LogP contribution in [0, 0.1) is 0 Å². The molecule has 0 unspecified atom stereocenters. The first-order valence-electron chi connectivity index (χ1n) is 9.04. The normalized spacial score (nSPS) is 13.9. The van der Waals surface area contributed by atoms with Crippen molar-refractivity contribution in [2.45, 2.75) is 18.0 Å². The number of benzene rings is 2. The standard InChI is InChI=1S/C19H19N5O3S2/c1-29(26,27)23-11-5-6-14-12-15(9-10-17(14)23)18(25)13-28-19-20-21-22-24(19)16-7-3-2-4-8-16/h2-4,7-10,12H,5-6,11,13H2,1H3. The molecule has 10 heteroatoms. The summed E-state index contributed by atoms with van der Waals surface area (Å²) in [5.41, 5.74) is 2.93. The number of para-hydroxylation sites is 1. The number of rotatable bonds is 6. The number of sulfonamides is 1. The van der Waals surface area contributed by atoms with Crippen molar-refractivity contribution in [1.82, 2.24) is 20.2 Å². The molecule has 1 aliphatic heterocycles. The predicted octanol–water partition coefficient (Wildman–Crippen LogP) is 2.35. The first kappa shape index (κ1) is 19.6. The lowest BCUT2D eigenvalue weighted by molar-refractivity contribution is 0.102. The van der Waals surface area contributed by atoms with Gasteiger partial charge < -0.3 is 0 Å². The van der Waals surface area contributed by atoms with Crippen molar-refractivity contribution in [3.05, 3.63) is 59.7 Å². The molecule has 29 heavy (non-hydrogen) atoms. The van der Waals surface area contributed by atoms with E-state index in [-0.39, 0.29) is 11.5 Å². The Morgan fingerprint density at radius 1 is 1.17 bits per heavy atom. The number of tetrazole rings is 1. The van der Waals surface area contributed by atoms with Gasteiger partial charge in [-0.3, -0.25) is 9.10 Å². The van der Waals surface area contributed by atoms with Crippen LogP contribution in [0.2, 0.25) is 0 Å².